The molecule has 1 amide bonds. The van der Waals surface area contributed by atoms with E-state index in [1.54, 1.807) is 0 Å². The maximum absolute atomic E-state index is 10.7. The first-order chi connectivity index (χ1) is 4.83. The molecule has 1 atom stereocenters. The number of nitrogens with one attached hydrogen (secondary N) is 2. The fourth-order valence-corrected chi connectivity index (χ4v) is 1.21. The Kier molecular flexibility index (Phi) is 2.65. The van der Waals surface area contributed by atoms with Crippen molar-refractivity contribution in [2.45, 2.75) is 25.3 Å². The van der Waals surface area contributed by atoms with Gasteiger partial charge in [0.05, 0.1) is 0 Å². The third-order valence-corrected chi connectivity index (χ3v) is 1.76. The Bertz CT molecular complexity index is 120. The molecule has 0 aromatic carbocycles. The number of amides is 1. The van der Waals surface area contributed by atoms with Gasteiger partial charge >= 0.3 is 0 Å². The quantitative estimate of drug-likeness (QED) is 0.267. The molecule has 4 nitrogen and oxygen atoms in total. The number of hydrogen-bond acceptors (Lipinski definition) is 3. The first-order valence-corrected chi connectivity index (χ1v) is 3.56. The van der Waals surface area contributed by atoms with E-state index in [9.17, 15) is 4.79 Å². The molecular formula is C6H13N3O. The number of hydrogen-bond donors (Lipinski definition) is 3. The molecule has 1 fully saturated rings. The van der Waals surface area contributed by atoms with Crippen LogP contribution < -0.4 is 16.6 Å². The van der Waals surface area contributed by atoms with Crippen LogP contribution in [0.1, 0.15) is 19.3 Å². The predicted octanol–water partition coefficient (Wildman–Crippen LogP) is -0.882. The average molecular weight is 143 g/mol. The summed E-state index contributed by atoms with van der Waals surface area (Å²) in [6, 6.07) is 0.351. The molecule has 1 rings (SSSR count). The van der Waals surface area contributed by atoms with Gasteiger partial charge in [0.25, 0.3) is 0 Å². The molecule has 4 heteroatoms. The van der Waals surface area contributed by atoms with Gasteiger partial charge in [-0.05, 0) is 19.4 Å². The number of carbonyl (C=O) groups is 1. The molecule has 0 aliphatic carbocycles. The van der Waals surface area contributed by atoms with E-state index in [2.05, 4.69) is 10.7 Å². The van der Waals surface area contributed by atoms with Crippen LogP contribution >= 0.6 is 0 Å². The Morgan fingerprint density at radius 2 is 2.60 bits per heavy atom. The lowest BCUT2D eigenvalue weighted by atomic mass is 10.1. The first-order valence-electron chi connectivity index (χ1n) is 3.56. The van der Waals surface area contributed by atoms with Crippen molar-refractivity contribution < 1.29 is 4.79 Å². The molecule has 1 saturated heterocycles. The molecule has 1 aliphatic rings. The monoisotopic (exact) mass is 143 g/mol. The minimum Gasteiger partial charge on any atom is -0.313 e. The summed E-state index contributed by atoms with van der Waals surface area (Å²) in [5.41, 5.74) is 2.11. The normalized spacial score (nSPS) is 24.7. The smallest absolute Gasteiger partial charge is 0.235 e. The van der Waals surface area contributed by atoms with Gasteiger partial charge in [-0.2, -0.15) is 0 Å². The van der Waals surface area contributed by atoms with Gasteiger partial charge in [-0.25, -0.2) is 5.84 Å². The topological polar surface area (TPSA) is 67.1 Å². The molecule has 0 radical (unpaired) electrons. The van der Waals surface area contributed by atoms with Crippen molar-refractivity contribution in [1.82, 2.24) is 10.7 Å². The predicted molar refractivity (Wildman–Crippen MR) is 38.0 cm³/mol. The molecule has 58 valence electrons. The van der Waals surface area contributed by atoms with Crippen LogP contribution in [0.25, 0.3) is 0 Å². The third kappa shape index (κ3) is 1.97. The van der Waals surface area contributed by atoms with Gasteiger partial charge in [0, 0.05) is 12.5 Å². The van der Waals surface area contributed by atoms with Crippen LogP contribution in [0.4, 0.5) is 0 Å². The highest BCUT2D eigenvalue weighted by molar-refractivity contribution is 5.75. The molecule has 10 heavy (non-hydrogen) atoms. The second-order valence-electron chi connectivity index (χ2n) is 2.56. The molecule has 1 heterocycles. The molecule has 1 unspecified atom stereocenters. The number of carbonyl (C=O) groups excluding carboxylic acids is 1. The summed E-state index contributed by atoms with van der Waals surface area (Å²) in [7, 11) is 0. The van der Waals surface area contributed by atoms with Gasteiger partial charge < -0.3 is 5.32 Å². The van der Waals surface area contributed by atoms with Crippen LogP contribution in [-0.4, -0.2) is 18.5 Å². The third-order valence-electron chi connectivity index (χ3n) is 1.76. The minimum absolute atomic E-state index is 0.0839. The average Bonchev–Trinajstić information content (AvgIpc) is 2.40. The summed E-state index contributed by atoms with van der Waals surface area (Å²) in [6.45, 7) is 1.03. The van der Waals surface area contributed by atoms with Gasteiger partial charge in [0.15, 0.2) is 0 Å². The van der Waals surface area contributed by atoms with Crippen LogP contribution in [0.5, 0.6) is 0 Å². The number of hydrazine groups is 1. The summed E-state index contributed by atoms with van der Waals surface area (Å²) in [5, 5.41) is 3.21. The zero-order chi connectivity index (χ0) is 7.40. The Morgan fingerprint density at radius 3 is 3.10 bits per heavy atom. The van der Waals surface area contributed by atoms with Crippen molar-refractivity contribution in [1.29, 1.82) is 0 Å². The molecule has 0 saturated carbocycles. The number of rotatable bonds is 2. The van der Waals surface area contributed by atoms with Crippen molar-refractivity contribution in [3.8, 4) is 0 Å². The van der Waals surface area contributed by atoms with Crippen LogP contribution in [0.15, 0.2) is 0 Å². The van der Waals surface area contributed by atoms with Crippen molar-refractivity contribution in [3.05, 3.63) is 0 Å². The maximum Gasteiger partial charge on any atom is 0.235 e. The van der Waals surface area contributed by atoms with E-state index in [0.717, 1.165) is 13.0 Å². The lowest BCUT2D eigenvalue weighted by molar-refractivity contribution is -0.121. The zero-order valence-electron chi connectivity index (χ0n) is 5.89. The van der Waals surface area contributed by atoms with E-state index >= 15 is 0 Å². The van der Waals surface area contributed by atoms with Crippen LogP contribution in [0.3, 0.4) is 0 Å². The van der Waals surface area contributed by atoms with Crippen molar-refractivity contribution >= 4 is 5.91 Å². The standard InChI is InChI=1S/C6H13N3O/c7-9-6(10)4-5-2-1-3-8-5/h5,8H,1-4,7H2,(H,9,10). The van der Waals surface area contributed by atoms with E-state index in [-0.39, 0.29) is 5.91 Å². The Labute approximate surface area is 60.1 Å². The summed E-state index contributed by atoms with van der Waals surface area (Å²) < 4.78 is 0. The maximum atomic E-state index is 10.7. The largest absolute Gasteiger partial charge is 0.313 e. The lowest BCUT2D eigenvalue weighted by Gasteiger charge is -2.06. The van der Waals surface area contributed by atoms with E-state index in [4.69, 9.17) is 5.84 Å². The van der Waals surface area contributed by atoms with Crippen LogP contribution in [0.2, 0.25) is 0 Å². The molecule has 0 aromatic rings. The van der Waals surface area contributed by atoms with E-state index in [0.29, 0.717) is 12.5 Å². The second-order valence-corrected chi connectivity index (χ2v) is 2.56. The van der Waals surface area contributed by atoms with Crippen molar-refractivity contribution in [2.24, 2.45) is 5.84 Å². The number of nitrogens with two attached hydrogens (primary N) is 1. The minimum atomic E-state index is -0.0839. The van der Waals surface area contributed by atoms with Gasteiger partial charge in [0.2, 0.25) is 5.91 Å². The molecule has 1 aliphatic heterocycles. The fraction of sp³-hybridized carbons (Fsp3) is 0.833. The Hall–Kier alpha value is -0.610. The Balaban J connectivity index is 2.17. The summed E-state index contributed by atoms with van der Waals surface area (Å²) in [6.07, 6.45) is 2.77. The van der Waals surface area contributed by atoms with Gasteiger partial charge in [-0.3, -0.25) is 10.2 Å². The molecular weight excluding hydrogens is 130 g/mol. The highest BCUT2D eigenvalue weighted by atomic mass is 16.2. The molecule has 4 N–H and O–H groups in total. The second kappa shape index (κ2) is 3.53. The van der Waals surface area contributed by atoms with Crippen LogP contribution in [-0.2, 0) is 4.79 Å². The highest BCUT2D eigenvalue weighted by Gasteiger charge is 2.16. The molecule has 0 aromatic heterocycles. The van der Waals surface area contributed by atoms with Crippen molar-refractivity contribution in [2.75, 3.05) is 6.54 Å². The summed E-state index contributed by atoms with van der Waals surface area (Å²) in [4.78, 5) is 10.7. The zero-order valence-corrected chi connectivity index (χ0v) is 5.89. The highest BCUT2D eigenvalue weighted by Crippen LogP contribution is 2.07. The first kappa shape index (κ1) is 7.50. The van der Waals surface area contributed by atoms with Gasteiger partial charge in [-0.15, -0.1) is 0 Å². The summed E-state index contributed by atoms with van der Waals surface area (Å²) in [5.74, 6) is 4.84. The van der Waals surface area contributed by atoms with Gasteiger partial charge in [-0.1, -0.05) is 0 Å². The van der Waals surface area contributed by atoms with E-state index in [1.165, 1.54) is 6.42 Å². The summed E-state index contributed by atoms with van der Waals surface area (Å²) >= 11 is 0. The lowest BCUT2D eigenvalue weighted by Crippen LogP contribution is -2.35. The Morgan fingerprint density at radius 1 is 1.80 bits per heavy atom. The van der Waals surface area contributed by atoms with Gasteiger partial charge in [0.1, 0.15) is 0 Å². The van der Waals surface area contributed by atoms with E-state index in [1.807, 2.05) is 0 Å². The van der Waals surface area contributed by atoms with E-state index < -0.39 is 0 Å². The molecule has 0 spiro atoms. The fourth-order valence-electron chi connectivity index (χ4n) is 1.21. The van der Waals surface area contributed by atoms with Crippen LogP contribution in [0, 0.1) is 0 Å². The van der Waals surface area contributed by atoms with Crippen molar-refractivity contribution in [3.63, 3.8) is 0 Å². The SMILES string of the molecule is NNC(=O)CC1CCCN1. The molecule has 0 bridgehead atoms.